The Morgan fingerprint density at radius 3 is 2.47 bits per heavy atom. The van der Waals surface area contributed by atoms with E-state index in [4.69, 9.17) is 15.9 Å². The number of H-pyrrole nitrogens is 1. The van der Waals surface area contributed by atoms with Crippen molar-refractivity contribution in [2.24, 2.45) is 5.73 Å². The van der Waals surface area contributed by atoms with Gasteiger partial charge in [-0.1, -0.05) is 42.5 Å². The molecule has 5 rings (SSSR count). The van der Waals surface area contributed by atoms with Crippen LogP contribution in [0, 0.1) is 12.3 Å². The minimum absolute atomic E-state index is 0.121. The van der Waals surface area contributed by atoms with Crippen molar-refractivity contribution in [2.45, 2.75) is 33.5 Å². The second-order valence-electron chi connectivity index (χ2n) is 10.1. The lowest BCUT2D eigenvalue weighted by molar-refractivity contribution is -0.156. The van der Waals surface area contributed by atoms with Crippen LogP contribution >= 0.6 is 23.1 Å². The molecule has 3 aromatic carbocycles. The Hall–Kier alpha value is -4.60. The number of aldehydes is 1. The van der Waals surface area contributed by atoms with Crippen molar-refractivity contribution in [3.05, 3.63) is 95.0 Å². The zero-order valence-corrected chi connectivity index (χ0v) is 27.5. The number of amidine groups is 1. The van der Waals surface area contributed by atoms with Crippen LogP contribution in [0.3, 0.4) is 0 Å². The number of hydrogen-bond donors (Lipinski definition) is 5. The van der Waals surface area contributed by atoms with Gasteiger partial charge >= 0.3 is 12.2 Å². The minimum atomic E-state index is -4.64. The Balaban J connectivity index is 0.000000762. The topological polar surface area (TPSA) is 158 Å². The van der Waals surface area contributed by atoms with E-state index < -0.39 is 22.3 Å². The number of alkyl halides is 3. The Morgan fingerprint density at radius 1 is 1.09 bits per heavy atom. The number of fused-ring (bicyclic) bond motifs is 1. The van der Waals surface area contributed by atoms with Crippen LogP contribution < -0.4 is 16.4 Å². The molecule has 0 saturated heterocycles. The van der Waals surface area contributed by atoms with Crippen LogP contribution in [0.1, 0.15) is 16.0 Å². The summed E-state index contributed by atoms with van der Waals surface area (Å²) < 4.78 is 59.2. The third-order valence-corrected chi connectivity index (χ3v) is 11.2. The molecular weight excluding hydrogens is 672 g/mol. The Labute approximate surface area is 277 Å². The second kappa shape index (κ2) is 14.9. The van der Waals surface area contributed by atoms with Gasteiger partial charge in [0.25, 0.3) is 0 Å². The number of nitrogens with two attached hydrogens (primary N) is 1. The number of aromatic amines is 1. The Bertz CT molecular complexity index is 2040. The van der Waals surface area contributed by atoms with E-state index in [1.54, 1.807) is 30.5 Å². The SMILES string of the molecule is CSc1sc(C(=N)N)cc1S(=O)(=O)c1cccc(-c2c(C)cccc2NC(=O)NCCc2c[nH]c3ccccc23)c1.O=CC(F)(F)F. The number of carbonyl (C=O) groups is 2. The fraction of sp³-hybridized carbons (Fsp3) is 0.156. The zero-order valence-electron chi connectivity index (χ0n) is 25.1. The molecule has 47 heavy (non-hydrogen) atoms. The van der Waals surface area contributed by atoms with Gasteiger partial charge in [-0.15, -0.1) is 23.1 Å². The van der Waals surface area contributed by atoms with Crippen molar-refractivity contribution < 1.29 is 31.2 Å². The Kier molecular flexibility index (Phi) is 11.2. The summed E-state index contributed by atoms with van der Waals surface area (Å²) >= 11 is 2.49. The fourth-order valence-electron chi connectivity index (χ4n) is 4.74. The maximum atomic E-state index is 13.7. The number of para-hydroxylation sites is 1. The first-order valence-electron chi connectivity index (χ1n) is 13.9. The quantitative estimate of drug-likeness (QED) is 0.0475. The van der Waals surface area contributed by atoms with E-state index in [1.807, 2.05) is 49.5 Å². The van der Waals surface area contributed by atoms with Gasteiger partial charge in [-0.25, -0.2) is 13.2 Å². The predicted octanol–water partition coefficient (Wildman–Crippen LogP) is 7.16. The van der Waals surface area contributed by atoms with Gasteiger partial charge in [0.15, 0.2) is 0 Å². The molecule has 246 valence electrons. The van der Waals surface area contributed by atoms with E-state index in [0.717, 1.165) is 27.6 Å². The van der Waals surface area contributed by atoms with E-state index in [2.05, 4.69) is 21.7 Å². The number of nitrogens with one attached hydrogen (secondary N) is 4. The number of sulfone groups is 1. The number of halogens is 3. The predicted molar refractivity (Wildman–Crippen MR) is 180 cm³/mol. The van der Waals surface area contributed by atoms with Gasteiger partial charge in [0.05, 0.1) is 24.6 Å². The maximum absolute atomic E-state index is 13.7. The molecule has 0 atom stereocenters. The number of rotatable bonds is 9. The highest BCUT2D eigenvalue weighted by atomic mass is 32.2. The molecule has 6 N–H and O–H groups in total. The van der Waals surface area contributed by atoms with Gasteiger partial charge in [-0.3, -0.25) is 10.2 Å². The van der Waals surface area contributed by atoms with Crippen LogP contribution in [0.15, 0.2) is 93.0 Å². The molecule has 2 heterocycles. The lowest BCUT2D eigenvalue weighted by Crippen LogP contribution is -2.30. The number of nitrogen functional groups attached to an aromatic ring is 1. The third kappa shape index (κ3) is 8.61. The van der Waals surface area contributed by atoms with E-state index >= 15 is 0 Å². The lowest BCUT2D eigenvalue weighted by atomic mass is 9.98. The van der Waals surface area contributed by atoms with Crippen LogP contribution in [0.25, 0.3) is 22.0 Å². The summed E-state index contributed by atoms with van der Waals surface area (Å²) in [5, 5.41) is 14.7. The molecule has 0 unspecified atom stereocenters. The van der Waals surface area contributed by atoms with E-state index in [-0.39, 0.29) is 21.7 Å². The van der Waals surface area contributed by atoms with Crippen LogP contribution in [0.5, 0.6) is 0 Å². The monoisotopic (exact) mass is 701 g/mol. The molecule has 2 amide bonds. The number of urea groups is 1. The number of thioether (sulfide) groups is 1. The maximum Gasteiger partial charge on any atom is 0.446 e. The first-order chi connectivity index (χ1) is 22.2. The van der Waals surface area contributed by atoms with E-state index in [0.29, 0.717) is 33.3 Å². The van der Waals surface area contributed by atoms with Crippen molar-refractivity contribution in [3.8, 4) is 11.1 Å². The summed E-state index contributed by atoms with van der Waals surface area (Å²) in [7, 11) is -3.89. The molecule has 0 aliphatic rings. The van der Waals surface area contributed by atoms with Gasteiger partial charge in [0, 0.05) is 29.2 Å². The number of thiophene rings is 1. The smallest absolute Gasteiger partial charge is 0.383 e. The molecular formula is C32H30F3N5O4S3. The molecule has 0 radical (unpaired) electrons. The minimum Gasteiger partial charge on any atom is -0.383 e. The summed E-state index contributed by atoms with van der Waals surface area (Å²) in [6.07, 6.45) is -1.28. The number of aryl methyl sites for hydroxylation is 1. The normalized spacial score (nSPS) is 11.4. The number of amides is 2. The lowest BCUT2D eigenvalue weighted by Gasteiger charge is -2.16. The molecule has 0 aliphatic carbocycles. The highest BCUT2D eigenvalue weighted by molar-refractivity contribution is 8.01. The first-order valence-corrected chi connectivity index (χ1v) is 17.4. The molecule has 2 aromatic heterocycles. The number of carbonyl (C=O) groups excluding carboxylic acids is 2. The molecule has 5 aromatic rings. The average Bonchev–Trinajstić information content (AvgIpc) is 3.67. The molecule has 0 saturated carbocycles. The molecule has 0 bridgehead atoms. The fourth-order valence-corrected chi connectivity index (χ4v) is 8.64. The van der Waals surface area contributed by atoms with Crippen LogP contribution in [-0.4, -0.2) is 50.5 Å². The summed E-state index contributed by atoms with van der Waals surface area (Å²) in [6, 6.07) is 21.4. The highest BCUT2D eigenvalue weighted by Gasteiger charge is 2.26. The van der Waals surface area contributed by atoms with Crippen molar-refractivity contribution in [3.63, 3.8) is 0 Å². The number of benzene rings is 3. The van der Waals surface area contributed by atoms with E-state index in [1.165, 1.54) is 29.2 Å². The highest BCUT2D eigenvalue weighted by Crippen LogP contribution is 2.39. The van der Waals surface area contributed by atoms with Gasteiger partial charge in [0.1, 0.15) is 5.84 Å². The second-order valence-corrected chi connectivity index (χ2v) is 14.1. The van der Waals surface area contributed by atoms with Gasteiger partial charge in [-0.2, -0.15) is 13.2 Å². The largest absolute Gasteiger partial charge is 0.446 e. The standard InChI is InChI=1S/C30H29N5O3S3.C2HF3O/c1-18-7-5-12-24(35-30(36)33-14-13-20-17-34-23-11-4-3-10-22(20)23)27(18)19-8-6-9-21(15-19)41(37,38)26-16-25(28(31)32)40-29(26)39-2;3-2(4,5)1-6/h3-12,15-17,34H,13-14H2,1-2H3,(H3,31,32)(H2,33,35,36);1H. The summed E-state index contributed by atoms with van der Waals surface area (Å²) in [5.41, 5.74) is 10.7. The molecule has 15 heteroatoms. The number of anilines is 1. The van der Waals surface area contributed by atoms with Crippen molar-refractivity contribution in [1.82, 2.24) is 10.3 Å². The van der Waals surface area contributed by atoms with Crippen molar-refractivity contribution in [2.75, 3.05) is 18.1 Å². The summed E-state index contributed by atoms with van der Waals surface area (Å²) in [4.78, 5) is 25.5. The summed E-state index contributed by atoms with van der Waals surface area (Å²) in [6.45, 7) is 2.36. The van der Waals surface area contributed by atoms with Crippen LogP contribution in [0.2, 0.25) is 0 Å². The third-order valence-electron chi connectivity index (χ3n) is 6.85. The molecule has 0 spiro atoms. The van der Waals surface area contributed by atoms with Crippen molar-refractivity contribution >= 4 is 67.7 Å². The summed E-state index contributed by atoms with van der Waals surface area (Å²) in [5.74, 6) is -0.171. The van der Waals surface area contributed by atoms with Crippen LogP contribution in [-0.2, 0) is 21.1 Å². The molecule has 0 fully saturated rings. The number of aromatic nitrogens is 1. The van der Waals surface area contributed by atoms with Gasteiger partial charge < -0.3 is 21.4 Å². The Morgan fingerprint density at radius 2 is 1.79 bits per heavy atom. The molecule has 0 aliphatic heterocycles. The first kappa shape index (κ1) is 35.3. The zero-order chi connectivity index (χ0) is 34.4. The van der Waals surface area contributed by atoms with Crippen LogP contribution in [0.4, 0.5) is 23.7 Å². The van der Waals surface area contributed by atoms with E-state index in [9.17, 15) is 26.4 Å². The molecule has 9 nitrogen and oxygen atoms in total. The average molecular weight is 702 g/mol. The van der Waals surface area contributed by atoms with Crippen molar-refractivity contribution in [1.29, 1.82) is 5.41 Å². The van der Waals surface area contributed by atoms with Gasteiger partial charge in [-0.05, 0) is 66.6 Å². The number of hydrogen-bond acceptors (Lipinski definition) is 7. The van der Waals surface area contributed by atoms with Gasteiger partial charge in [0.2, 0.25) is 16.1 Å².